The zero-order valence-corrected chi connectivity index (χ0v) is 19.5. The van der Waals surface area contributed by atoms with E-state index in [9.17, 15) is 9.59 Å². The molecule has 0 spiro atoms. The zero-order chi connectivity index (χ0) is 22.7. The maximum Gasteiger partial charge on any atom is 0.261 e. The molecular formula is C26H30ClN3O2. The van der Waals surface area contributed by atoms with Crippen molar-refractivity contribution in [3.63, 3.8) is 0 Å². The van der Waals surface area contributed by atoms with Gasteiger partial charge in [0.15, 0.2) is 0 Å². The molecule has 2 aromatic carbocycles. The summed E-state index contributed by atoms with van der Waals surface area (Å²) in [6.07, 6.45) is 6.03. The third-order valence-corrected chi connectivity index (χ3v) is 6.87. The molecule has 1 aliphatic rings. The van der Waals surface area contributed by atoms with Crippen LogP contribution in [-0.2, 0) is 18.3 Å². The molecule has 1 saturated carbocycles. The Bertz CT molecular complexity index is 1150. The average Bonchev–Trinajstić information content (AvgIpc) is 2.82. The van der Waals surface area contributed by atoms with Gasteiger partial charge in [-0.2, -0.15) is 0 Å². The van der Waals surface area contributed by atoms with Crippen LogP contribution in [0.2, 0.25) is 5.02 Å². The molecule has 0 N–H and O–H groups in total. The Balaban J connectivity index is 1.70. The van der Waals surface area contributed by atoms with Crippen LogP contribution in [-0.4, -0.2) is 26.9 Å². The van der Waals surface area contributed by atoms with Crippen LogP contribution in [0, 0.1) is 5.92 Å². The van der Waals surface area contributed by atoms with Crippen molar-refractivity contribution in [3.8, 4) is 0 Å². The number of benzene rings is 2. The highest BCUT2D eigenvalue weighted by atomic mass is 35.5. The lowest BCUT2D eigenvalue weighted by Crippen LogP contribution is -2.42. The van der Waals surface area contributed by atoms with Crippen LogP contribution in [0.15, 0.2) is 53.3 Å². The SMILES string of the molecule is CC(c1nc2cc(Cl)ccc2c(=O)n1C)N(CCc1ccccc1)C(=O)C1CCCCC1. The fourth-order valence-corrected chi connectivity index (χ4v) is 4.91. The molecule has 1 atom stereocenters. The second-order valence-corrected chi connectivity index (χ2v) is 9.21. The van der Waals surface area contributed by atoms with Gasteiger partial charge in [0, 0.05) is 24.5 Å². The molecule has 5 nitrogen and oxygen atoms in total. The highest BCUT2D eigenvalue weighted by Crippen LogP contribution is 2.29. The molecule has 32 heavy (non-hydrogen) atoms. The third kappa shape index (κ3) is 4.73. The number of fused-ring (bicyclic) bond motifs is 1. The number of halogens is 1. The number of hydrogen-bond acceptors (Lipinski definition) is 3. The van der Waals surface area contributed by atoms with E-state index < -0.39 is 0 Å². The van der Waals surface area contributed by atoms with E-state index in [4.69, 9.17) is 16.6 Å². The molecule has 1 amide bonds. The minimum atomic E-state index is -0.325. The summed E-state index contributed by atoms with van der Waals surface area (Å²) in [6, 6.07) is 15.0. The molecule has 0 radical (unpaired) electrons. The van der Waals surface area contributed by atoms with Crippen LogP contribution in [0.4, 0.5) is 0 Å². The van der Waals surface area contributed by atoms with E-state index in [1.165, 1.54) is 12.0 Å². The van der Waals surface area contributed by atoms with E-state index in [1.807, 2.05) is 30.0 Å². The number of nitrogens with zero attached hydrogens (tertiary/aromatic N) is 3. The van der Waals surface area contributed by atoms with Gasteiger partial charge in [0.2, 0.25) is 5.91 Å². The summed E-state index contributed by atoms with van der Waals surface area (Å²) in [4.78, 5) is 33.4. The quantitative estimate of drug-likeness (QED) is 0.511. The number of hydrogen-bond donors (Lipinski definition) is 0. The molecule has 4 rings (SSSR count). The molecule has 0 bridgehead atoms. The normalized spacial score (nSPS) is 15.6. The number of rotatable bonds is 6. The molecule has 1 unspecified atom stereocenters. The minimum Gasteiger partial charge on any atom is -0.332 e. The fourth-order valence-electron chi connectivity index (χ4n) is 4.75. The Hall–Kier alpha value is -2.66. The van der Waals surface area contributed by atoms with Crippen molar-refractivity contribution in [3.05, 3.63) is 75.3 Å². The summed E-state index contributed by atoms with van der Waals surface area (Å²) in [5.74, 6) is 0.810. The second-order valence-electron chi connectivity index (χ2n) is 8.77. The van der Waals surface area contributed by atoms with Gasteiger partial charge in [0.1, 0.15) is 5.82 Å². The van der Waals surface area contributed by atoms with Crippen LogP contribution in [0.5, 0.6) is 0 Å². The summed E-state index contributed by atoms with van der Waals surface area (Å²) in [5, 5.41) is 1.07. The minimum absolute atomic E-state index is 0.0499. The second kappa shape index (κ2) is 9.86. The molecule has 0 aliphatic heterocycles. The van der Waals surface area contributed by atoms with E-state index >= 15 is 0 Å². The van der Waals surface area contributed by atoms with Crippen LogP contribution in [0.1, 0.15) is 56.5 Å². The molecule has 1 aliphatic carbocycles. The van der Waals surface area contributed by atoms with Crippen molar-refractivity contribution in [1.29, 1.82) is 0 Å². The van der Waals surface area contributed by atoms with Gasteiger partial charge >= 0.3 is 0 Å². The summed E-state index contributed by atoms with van der Waals surface area (Å²) in [6.45, 7) is 2.56. The predicted octanol–water partition coefficient (Wildman–Crippen LogP) is 5.30. The third-order valence-electron chi connectivity index (χ3n) is 6.64. The summed E-state index contributed by atoms with van der Waals surface area (Å²) < 4.78 is 1.57. The monoisotopic (exact) mass is 451 g/mol. The van der Waals surface area contributed by atoms with Crippen LogP contribution < -0.4 is 5.56 Å². The molecule has 6 heteroatoms. The maximum absolute atomic E-state index is 13.6. The lowest BCUT2D eigenvalue weighted by atomic mass is 9.88. The Morgan fingerprint density at radius 1 is 1.16 bits per heavy atom. The number of amides is 1. The lowest BCUT2D eigenvalue weighted by Gasteiger charge is -2.34. The van der Waals surface area contributed by atoms with E-state index in [2.05, 4.69) is 12.1 Å². The molecule has 1 fully saturated rings. The molecule has 1 heterocycles. The first-order chi connectivity index (χ1) is 15.5. The van der Waals surface area contributed by atoms with Crippen molar-refractivity contribution in [1.82, 2.24) is 14.5 Å². The summed E-state index contributed by atoms with van der Waals surface area (Å²) >= 11 is 6.16. The van der Waals surface area contributed by atoms with Crippen molar-refractivity contribution >= 4 is 28.4 Å². The Morgan fingerprint density at radius 3 is 2.59 bits per heavy atom. The first-order valence-corrected chi connectivity index (χ1v) is 11.8. The van der Waals surface area contributed by atoms with Crippen LogP contribution >= 0.6 is 11.6 Å². The Kier molecular flexibility index (Phi) is 6.95. The highest BCUT2D eigenvalue weighted by molar-refractivity contribution is 6.31. The average molecular weight is 452 g/mol. The van der Waals surface area contributed by atoms with E-state index in [0.717, 1.165) is 32.1 Å². The smallest absolute Gasteiger partial charge is 0.261 e. The van der Waals surface area contributed by atoms with Gasteiger partial charge in [0.25, 0.3) is 5.56 Å². The van der Waals surface area contributed by atoms with E-state index in [1.54, 1.807) is 29.8 Å². The summed E-state index contributed by atoms with van der Waals surface area (Å²) in [7, 11) is 1.73. The molecule has 1 aromatic heterocycles. The van der Waals surface area contributed by atoms with E-state index in [-0.39, 0.29) is 23.4 Å². The number of carbonyl (C=O) groups is 1. The van der Waals surface area contributed by atoms with Gasteiger partial charge in [-0.05, 0) is 49.9 Å². The maximum atomic E-state index is 13.6. The van der Waals surface area contributed by atoms with Gasteiger partial charge in [-0.25, -0.2) is 4.98 Å². The number of carbonyl (C=O) groups excluding carboxylic acids is 1. The first kappa shape index (κ1) is 22.5. The van der Waals surface area contributed by atoms with Crippen LogP contribution in [0.25, 0.3) is 10.9 Å². The first-order valence-electron chi connectivity index (χ1n) is 11.5. The van der Waals surface area contributed by atoms with Crippen molar-refractivity contribution in [2.24, 2.45) is 13.0 Å². The predicted molar refractivity (Wildman–Crippen MR) is 129 cm³/mol. The molecule has 168 valence electrons. The largest absolute Gasteiger partial charge is 0.332 e. The number of aromatic nitrogens is 2. The van der Waals surface area contributed by atoms with Gasteiger partial charge in [0.05, 0.1) is 16.9 Å². The zero-order valence-electron chi connectivity index (χ0n) is 18.8. The van der Waals surface area contributed by atoms with Crippen molar-refractivity contribution < 1.29 is 4.79 Å². The van der Waals surface area contributed by atoms with Crippen LogP contribution in [0.3, 0.4) is 0 Å². The molecule has 0 saturated heterocycles. The van der Waals surface area contributed by atoms with E-state index in [0.29, 0.717) is 28.3 Å². The van der Waals surface area contributed by atoms with Gasteiger partial charge in [-0.1, -0.05) is 61.2 Å². The standard InChI is InChI=1S/C26H30ClN3O2/c1-18(24-28-23-17-21(27)13-14-22(23)26(32)29(24)2)30(16-15-19-9-5-3-6-10-19)25(31)20-11-7-4-8-12-20/h3,5-6,9-10,13-14,17-18,20H,4,7-8,11-12,15-16H2,1-2H3. The Morgan fingerprint density at radius 2 is 1.88 bits per heavy atom. The lowest BCUT2D eigenvalue weighted by molar-refractivity contribution is -0.139. The van der Waals surface area contributed by atoms with Gasteiger partial charge in [-0.15, -0.1) is 0 Å². The highest BCUT2D eigenvalue weighted by Gasteiger charge is 2.31. The summed E-state index contributed by atoms with van der Waals surface area (Å²) in [5.41, 5.74) is 1.63. The molecular weight excluding hydrogens is 422 g/mol. The Labute approximate surface area is 194 Å². The van der Waals surface area contributed by atoms with Crippen molar-refractivity contribution in [2.45, 2.75) is 51.5 Å². The molecule has 3 aromatic rings. The van der Waals surface area contributed by atoms with Gasteiger partial charge < -0.3 is 4.90 Å². The van der Waals surface area contributed by atoms with Crippen molar-refractivity contribution in [2.75, 3.05) is 6.54 Å². The van der Waals surface area contributed by atoms with Gasteiger partial charge in [-0.3, -0.25) is 14.2 Å². The topological polar surface area (TPSA) is 55.2 Å². The fraction of sp³-hybridized carbons (Fsp3) is 0.423.